The monoisotopic (exact) mass is 513 g/mol. The van der Waals surface area contributed by atoms with Gasteiger partial charge < -0.3 is 20.4 Å². The van der Waals surface area contributed by atoms with Gasteiger partial charge in [-0.25, -0.2) is 0 Å². The van der Waals surface area contributed by atoms with E-state index >= 15 is 0 Å². The minimum absolute atomic E-state index is 0. The van der Waals surface area contributed by atoms with E-state index in [9.17, 15) is 4.79 Å². The number of carbonyl (C=O) groups excluding carboxylic acids is 1. The molecule has 3 rings (SSSR count). The average Bonchev–Trinajstić information content (AvgIpc) is 3.21. The molecule has 2 aliphatic rings. The number of para-hydroxylation sites is 1. The van der Waals surface area contributed by atoms with Gasteiger partial charge in [-0.3, -0.25) is 9.79 Å². The molecule has 6 nitrogen and oxygen atoms in total. The van der Waals surface area contributed by atoms with Crippen LogP contribution in [0.2, 0.25) is 0 Å². The fourth-order valence-corrected chi connectivity index (χ4v) is 4.55. The van der Waals surface area contributed by atoms with Crippen molar-refractivity contribution in [2.75, 3.05) is 45.7 Å². The van der Waals surface area contributed by atoms with E-state index in [4.69, 9.17) is 0 Å². The van der Waals surface area contributed by atoms with Gasteiger partial charge in [0.05, 0.1) is 5.41 Å². The summed E-state index contributed by atoms with van der Waals surface area (Å²) < 4.78 is 0. The Balaban J connectivity index is 0.00000300. The van der Waals surface area contributed by atoms with E-state index in [1.807, 2.05) is 21.1 Å². The predicted molar refractivity (Wildman–Crippen MR) is 131 cm³/mol. The Labute approximate surface area is 192 Å². The number of guanidine groups is 1. The maximum atomic E-state index is 12.7. The van der Waals surface area contributed by atoms with Crippen molar-refractivity contribution in [1.29, 1.82) is 0 Å². The van der Waals surface area contributed by atoms with Crippen molar-refractivity contribution in [2.24, 2.45) is 10.4 Å². The van der Waals surface area contributed by atoms with Gasteiger partial charge in [0.2, 0.25) is 5.91 Å². The molecule has 0 radical (unpaired) electrons. The Bertz CT molecular complexity index is 665. The van der Waals surface area contributed by atoms with E-state index in [-0.39, 0.29) is 35.3 Å². The molecule has 2 fully saturated rings. The molecule has 1 saturated carbocycles. The Morgan fingerprint density at radius 2 is 1.79 bits per heavy atom. The number of amides is 1. The average molecular weight is 513 g/mol. The standard InChI is InChI=1S/C22H35N5O.HI/c1-23-21(24-17-22(13-7-8-14-22)20(28)26(2)3)25-18-11-15-27(16-12-18)19-9-5-4-6-10-19;/h4-6,9-10,18H,7-8,11-17H2,1-3H3,(H2,23,24,25);1H. The Morgan fingerprint density at radius 3 is 2.34 bits per heavy atom. The molecule has 0 unspecified atom stereocenters. The third-order valence-electron chi connectivity index (χ3n) is 6.20. The SMILES string of the molecule is CN=C(NCC1(C(=O)N(C)C)CCCC1)NC1CCN(c2ccccc2)CC1.I. The fourth-order valence-electron chi connectivity index (χ4n) is 4.55. The third kappa shape index (κ3) is 5.99. The molecule has 29 heavy (non-hydrogen) atoms. The molecule has 1 aliphatic carbocycles. The molecule has 1 saturated heterocycles. The number of anilines is 1. The third-order valence-corrected chi connectivity index (χ3v) is 6.20. The normalized spacial score (nSPS) is 19.4. The van der Waals surface area contributed by atoms with Crippen molar-refractivity contribution < 1.29 is 4.79 Å². The summed E-state index contributed by atoms with van der Waals surface area (Å²) in [7, 11) is 5.52. The zero-order chi connectivity index (χ0) is 20.0. The van der Waals surface area contributed by atoms with E-state index in [0.29, 0.717) is 12.6 Å². The van der Waals surface area contributed by atoms with E-state index < -0.39 is 0 Å². The molecule has 0 spiro atoms. The quantitative estimate of drug-likeness (QED) is 0.361. The van der Waals surface area contributed by atoms with Crippen LogP contribution >= 0.6 is 24.0 Å². The maximum Gasteiger partial charge on any atom is 0.230 e. The lowest BCUT2D eigenvalue weighted by Gasteiger charge is -2.35. The molecule has 1 amide bonds. The van der Waals surface area contributed by atoms with Gasteiger partial charge in [-0.15, -0.1) is 24.0 Å². The number of halogens is 1. The second-order valence-corrected chi connectivity index (χ2v) is 8.35. The highest BCUT2D eigenvalue weighted by molar-refractivity contribution is 14.0. The van der Waals surface area contributed by atoms with E-state index in [0.717, 1.165) is 57.6 Å². The van der Waals surface area contributed by atoms with Crippen molar-refractivity contribution in [3.05, 3.63) is 30.3 Å². The maximum absolute atomic E-state index is 12.7. The summed E-state index contributed by atoms with van der Waals surface area (Å²) >= 11 is 0. The Hall–Kier alpha value is -1.51. The van der Waals surface area contributed by atoms with Gasteiger partial charge in [-0.1, -0.05) is 31.0 Å². The van der Waals surface area contributed by atoms with Gasteiger partial charge >= 0.3 is 0 Å². The molecular weight excluding hydrogens is 477 g/mol. The van der Waals surface area contributed by atoms with Gasteiger partial charge in [-0.2, -0.15) is 0 Å². The molecule has 2 N–H and O–H groups in total. The minimum Gasteiger partial charge on any atom is -0.371 e. The number of nitrogens with one attached hydrogen (secondary N) is 2. The number of hydrogen-bond acceptors (Lipinski definition) is 3. The van der Waals surface area contributed by atoms with Crippen LogP contribution in [0.15, 0.2) is 35.3 Å². The number of benzene rings is 1. The summed E-state index contributed by atoms with van der Waals surface area (Å²) in [5.74, 6) is 1.06. The van der Waals surface area contributed by atoms with Crippen LogP contribution in [0.25, 0.3) is 0 Å². The summed E-state index contributed by atoms with van der Waals surface area (Å²) in [5, 5.41) is 7.03. The van der Waals surface area contributed by atoms with E-state index in [1.165, 1.54) is 5.69 Å². The predicted octanol–water partition coefficient (Wildman–Crippen LogP) is 3.09. The van der Waals surface area contributed by atoms with Crippen LogP contribution < -0.4 is 15.5 Å². The van der Waals surface area contributed by atoms with Crippen molar-refractivity contribution in [2.45, 2.75) is 44.6 Å². The van der Waals surface area contributed by atoms with Crippen molar-refractivity contribution in [3.8, 4) is 0 Å². The molecule has 162 valence electrons. The number of nitrogens with zero attached hydrogens (tertiary/aromatic N) is 3. The smallest absolute Gasteiger partial charge is 0.230 e. The van der Waals surface area contributed by atoms with Crippen LogP contribution in [0.5, 0.6) is 0 Å². The number of piperidine rings is 1. The van der Waals surface area contributed by atoms with Crippen LogP contribution in [0.4, 0.5) is 5.69 Å². The fraction of sp³-hybridized carbons (Fsp3) is 0.636. The first-order valence-corrected chi connectivity index (χ1v) is 10.5. The lowest BCUT2D eigenvalue weighted by Crippen LogP contribution is -2.52. The van der Waals surface area contributed by atoms with Gasteiger partial charge in [0.1, 0.15) is 0 Å². The summed E-state index contributed by atoms with van der Waals surface area (Å²) in [4.78, 5) is 21.3. The summed E-state index contributed by atoms with van der Waals surface area (Å²) in [6.45, 7) is 2.75. The molecule has 0 aromatic heterocycles. The van der Waals surface area contributed by atoms with Crippen molar-refractivity contribution in [3.63, 3.8) is 0 Å². The van der Waals surface area contributed by atoms with Crippen molar-refractivity contribution in [1.82, 2.24) is 15.5 Å². The van der Waals surface area contributed by atoms with Gasteiger partial charge in [-0.05, 0) is 37.8 Å². The van der Waals surface area contributed by atoms with E-state index in [2.05, 4.69) is 50.9 Å². The number of aliphatic imine (C=N–C) groups is 1. The zero-order valence-electron chi connectivity index (χ0n) is 18.0. The molecular formula is C22H36IN5O. The summed E-state index contributed by atoms with van der Waals surface area (Å²) in [5.41, 5.74) is 1.02. The van der Waals surface area contributed by atoms with E-state index in [1.54, 1.807) is 4.90 Å². The van der Waals surface area contributed by atoms with Gasteiger partial charge in [0, 0.05) is 52.5 Å². The molecule has 7 heteroatoms. The second kappa shape index (κ2) is 11.0. The van der Waals surface area contributed by atoms with Crippen LogP contribution in [-0.4, -0.2) is 63.6 Å². The molecule has 1 aromatic rings. The van der Waals surface area contributed by atoms with Crippen molar-refractivity contribution >= 4 is 41.5 Å². The van der Waals surface area contributed by atoms with Gasteiger partial charge in [0.25, 0.3) is 0 Å². The number of hydrogen-bond donors (Lipinski definition) is 2. The largest absolute Gasteiger partial charge is 0.371 e. The summed E-state index contributed by atoms with van der Waals surface area (Å²) in [6, 6.07) is 11.0. The lowest BCUT2D eigenvalue weighted by atomic mass is 9.84. The first kappa shape index (κ1) is 23.8. The molecule has 0 bridgehead atoms. The minimum atomic E-state index is -0.280. The Morgan fingerprint density at radius 1 is 1.17 bits per heavy atom. The highest BCUT2D eigenvalue weighted by Crippen LogP contribution is 2.38. The van der Waals surface area contributed by atoms with Crippen LogP contribution in [0, 0.1) is 5.41 Å². The Kier molecular flexibility index (Phi) is 9.04. The summed E-state index contributed by atoms with van der Waals surface area (Å²) in [6.07, 6.45) is 6.35. The molecule has 0 atom stereocenters. The van der Waals surface area contributed by atoms with Gasteiger partial charge in [0.15, 0.2) is 5.96 Å². The first-order valence-electron chi connectivity index (χ1n) is 10.5. The topological polar surface area (TPSA) is 60.0 Å². The first-order chi connectivity index (χ1) is 13.5. The number of carbonyl (C=O) groups is 1. The highest BCUT2D eigenvalue weighted by Gasteiger charge is 2.42. The zero-order valence-corrected chi connectivity index (χ0v) is 20.3. The molecule has 1 aromatic carbocycles. The van der Waals surface area contributed by atoms with Crippen LogP contribution in [0.1, 0.15) is 38.5 Å². The molecule has 1 aliphatic heterocycles. The van der Waals surface area contributed by atoms with Crippen LogP contribution in [-0.2, 0) is 4.79 Å². The highest BCUT2D eigenvalue weighted by atomic mass is 127. The van der Waals surface area contributed by atoms with Crippen LogP contribution in [0.3, 0.4) is 0 Å². The lowest BCUT2D eigenvalue weighted by molar-refractivity contribution is -0.138. The number of rotatable bonds is 5. The second-order valence-electron chi connectivity index (χ2n) is 8.35. The molecule has 1 heterocycles.